The van der Waals surface area contributed by atoms with Gasteiger partial charge in [0.1, 0.15) is 4.21 Å². The molecular formula is C15H17NO3S2. The lowest BCUT2D eigenvalue weighted by Crippen LogP contribution is -2.32. The van der Waals surface area contributed by atoms with Crippen molar-refractivity contribution < 1.29 is 13.5 Å². The molecule has 0 saturated carbocycles. The van der Waals surface area contributed by atoms with Gasteiger partial charge in [0.2, 0.25) is 0 Å². The molecule has 3 rings (SSSR count). The van der Waals surface area contributed by atoms with Gasteiger partial charge < -0.3 is 5.11 Å². The number of hydrogen-bond donors (Lipinski definition) is 1. The van der Waals surface area contributed by atoms with Crippen molar-refractivity contribution in [3.05, 3.63) is 52.4 Å². The van der Waals surface area contributed by atoms with E-state index in [0.717, 1.165) is 12.8 Å². The van der Waals surface area contributed by atoms with Crippen LogP contribution in [0.5, 0.6) is 0 Å². The Balaban J connectivity index is 1.84. The maximum absolute atomic E-state index is 12.7. The van der Waals surface area contributed by atoms with Gasteiger partial charge in [0.15, 0.2) is 0 Å². The van der Waals surface area contributed by atoms with Gasteiger partial charge in [0.05, 0.1) is 6.61 Å². The van der Waals surface area contributed by atoms with E-state index in [1.807, 2.05) is 12.1 Å². The Labute approximate surface area is 128 Å². The number of sulfonamides is 1. The molecule has 0 spiro atoms. The Morgan fingerprint density at radius 2 is 1.76 bits per heavy atom. The highest BCUT2D eigenvalue weighted by molar-refractivity contribution is 7.91. The van der Waals surface area contributed by atoms with Crippen LogP contribution in [0.15, 0.2) is 39.9 Å². The van der Waals surface area contributed by atoms with Crippen LogP contribution in [0.3, 0.4) is 0 Å². The van der Waals surface area contributed by atoms with Crippen LogP contribution in [0.1, 0.15) is 16.7 Å². The van der Waals surface area contributed by atoms with Crippen molar-refractivity contribution in [3.63, 3.8) is 0 Å². The summed E-state index contributed by atoms with van der Waals surface area (Å²) in [6.07, 6.45) is 1.49. The summed E-state index contributed by atoms with van der Waals surface area (Å²) >= 11 is 1.18. The van der Waals surface area contributed by atoms with Crippen molar-refractivity contribution in [3.8, 4) is 0 Å². The lowest BCUT2D eigenvalue weighted by Gasteiger charge is -2.18. The van der Waals surface area contributed by atoms with E-state index in [-0.39, 0.29) is 6.61 Å². The van der Waals surface area contributed by atoms with Crippen molar-refractivity contribution in [2.45, 2.75) is 23.7 Å². The average molecular weight is 323 g/mol. The van der Waals surface area contributed by atoms with Crippen LogP contribution in [0.25, 0.3) is 0 Å². The zero-order chi connectivity index (χ0) is 14.9. The molecule has 1 N–H and O–H groups in total. The predicted octanol–water partition coefficient (Wildman–Crippen LogP) is 2.03. The number of fused-ring (bicyclic) bond motifs is 1. The second kappa shape index (κ2) is 5.88. The summed E-state index contributed by atoms with van der Waals surface area (Å²) in [7, 11) is -3.45. The van der Waals surface area contributed by atoms with E-state index in [4.69, 9.17) is 5.11 Å². The van der Waals surface area contributed by atoms with E-state index in [1.165, 1.54) is 22.5 Å². The summed E-state index contributed by atoms with van der Waals surface area (Å²) in [5, 5.41) is 10.8. The molecule has 0 radical (unpaired) electrons. The highest BCUT2D eigenvalue weighted by atomic mass is 32.2. The first-order chi connectivity index (χ1) is 10.1. The summed E-state index contributed by atoms with van der Waals surface area (Å²) < 4.78 is 27.2. The molecule has 1 aromatic carbocycles. The van der Waals surface area contributed by atoms with Crippen LogP contribution in [-0.4, -0.2) is 30.9 Å². The predicted molar refractivity (Wildman–Crippen MR) is 82.9 cm³/mol. The van der Waals surface area contributed by atoms with Gasteiger partial charge in [0, 0.05) is 13.1 Å². The van der Waals surface area contributed by atoms with Crippen molar-refractivity contribution in [1.29, 1.82) is 0 Å². The second-order valence-corrected chi connectivity index (χ2v) is 8.18. The molecule has 0 bridgehead atoms. The summed E-state index contributed by atoms with van der Waals surface area (Å²) in [5.74, 6) is 0. The molecule has 4 nitrogen and oxygen atoms in total. The Morgan fingerprint density at radius 1 is 1.14 bits per heavy atom. The highest BCUT2D eigenvalue weighted by Crippen LogP contribution is 2.26. The first kappa shape index (κ1) is 14.7. The Bertz CT molecular complexity index is 710. The normalized spacial score (nSPS) is 16.4. The van der Waals surface area contributed by atoms with Gasteiger partial charge in [0.25, 0.3) is 10.0 Å². The SMILES string of the molecule is O=S(=O)(c1cc(CO)cs1)N1CCc2ccccc2CC1. The first-order valence-electron chi connectivity index (χ1n) is 6.86. The fourth-order valence-electron chi connectivity index (χ4n) is 2.59. The molecule has 2 aromatic rings. The van der Waals surface area contributed by atoms with Crippen LogP contribution in [0.2, 0.25) is 0 Å². The monoisotopic (exact) mass is 323 g/mol. The highest BCUT2D eigenvalue weighted by Gasteiger charge is 2.27. The molecule has 21 heavy (non-hydrogen) atoms. The van der Waals surface area contributed by atoms with Gasteiger partial charge in [-0.05, 0) is 41.0 Å². The molecule has 2 heterocycles. The van der Waals surface area contributed by atoms with E-state index < -0.39 is 10.0 Å². The van der Waals surface area contributed by atoms with Crippen molar-refractivity contribution in [1.82, 2.24) is 4.31 Å². The number of aliphatic hydroxyl groups excluding tert-OH is 1. The average Bonchev–Trinajstić information content (AvgIpc) is 2.87. The zero-order valence-electron chi connectivity index (χ0n) is 11.5. The maximum atomic E-state index is 12.7. The van der Waals surface area contributed by atoms with Crippen molar-refractivity contribution in [2.24, 2.45) is 0 Å². The van der Waals surface area contributed by atoms with Crippen LogP contribution in [0.4, 0.5) is 0 Å². The Morgan fingerprint density at radius 3 is 2.29 bits per heavy atom. The quantitative estimate of drug-likeness (QED) is 0.940. The minimum atomic E-state index is -3.45. The third-order valence-electron chi connectivity index (χ3n) is 3.79. The fraction of sp³-hybridized carbons (Fsp3) is 0.333. The molecule has 6 heteroatoms. The van der Waals surface area contributed by atoms with Crippen LogP contribution in [-0.2, 0) is 29.5 Å². The van der Waals surface area contributed by atoms with Crippen molar-refractivity contribution in [2.75, 3.05) is 13.1 Å². The smallest absolute Gasteiger partial charge is 0.252 e. The molecule has 0 aliphatic carbocycles. The molecule has 0 fully saturated rings. The second-order valence-electron chi connectivity index (χ2n) is 5.10. The molecular weight excluding hydrogens is 306 g/mol. The van der Waals surface area contributed by atoms with Crippen LogP contribution >= 0.6 is 11.3 Å². The number of aliphatic hydroxyl groups is 1. The van der Waals surface area contributed by atoms with Gasteiger partial charge in [-0.1, -0.05) is 24.3 Å². The molecule has 1 aliphatic heterocycles. The van der Waals surface area contributed by atoms with Crippen LogP contribution < -0.4 is 0 Å². The van der Waals surface area contributed by atoms with E-state index in [2.05, 4.69) is 12.1 Å². The lowest BCUT2D eigenvalue weighted by molar-refractivity contribution is 0.282. The molecule has 1 aromatic heterocycles. The first-order valence-corrected chi connectivity index (χ1v) is 9.18. The van der Waals surface area contributed by atoms with Gasteiger partial charge in [-0.2, -0.15) is 4.31 Å². The van der Waals surface area contributed by atoms with E-state index >= 15 is 0 Å². The molecule has 1 aliphatic rings. The van der Waals surface area contributed by atoms with Gasteiger partial charge in [-0.15, -0.1) is 11.3 Å². The Kier molecular flexibility index (Phi) is 4.12. The third kappa shape index (κ3) is 2.89. The molecule has 0 unspecified atom stereocenters. The zero-order valence-corrected chi connectivity index (χ0v) is 13.2. The minimum absolute atomic E-state index is 0.128. The summed E-state index contributed by atoms with van der Waals surface area (Å²) in [4.78, 5) is 0. The van der Waals surface area contributed by atoms with Crippen LogP contribution in [0, 0.1) is 0 Å². The van der Waals surface area contributed by atoms with E-state index in [9.17, 15) is 8.42 Å². The summed E-state index contributed by atoms with van der Waals surface area (Å²) in [6.45, 7) is 0.884. The third-order valence-corrected chi connectivity index (χ3v) is 7.15. The fourth-order valence-corrected chi connectivity index (χ4v) is 5.38. The molecule has 112 valence electrons. The number of thiophene rings is 1. The maximum Gasteiger partial charge on any atom is 0.252 e. The van der Waals surface area contributed by atoms with Crippen molar-refractivity contribution >= 4 is 21.4 Å². The summed E-state index contributed by atoms with van der Waals surface area (Å²) in [5.41, 5.74) is 3.12. The Hall–Kier alpha value is -1.21. The molecule has 0 saturated heterocycles. The number of hydrogen-bond acceptors (Lipinski definition) is 4. The van der Waals surface area contributed by atoms with Gasteiger partial charge in [-0.25, -0.2) is 8.42 Å². The standard InChI is InChI=1S/C15H17NO3S2/c17-10-12-9-15(20-11-12)21(18,19)16-7-5-13-3-1-2-4-14(13)6-8-16/h1-4,9,11,17H,5-8,10H2. The minimum Gasteiger partial charge on any atom is -0.392 e. The number of benzene rings is 1. The number of rotatable bonds is 3. The molecule has 0 atom stereocenters. The van der Waals surface area contributed by atoms with E-state index in [0.29, 0.717) is 22.9 Å². The lowest BCUT2D eigenvalue weighted by atomic mass is 10.0. The largest absolute Gasteiger partial charge is 0.392 e. The summed E-state index contributed by atoms with van der Waals surface area (Å²) in [6, 6.07) is 9.70. The number of nitrogens with zero attached hydrogens (tertiary/aromatic N) is 1. The van der Waals surface area contributed by atoms with Gasteiger partial charge in [-0.3, -0.25) is 0 Å². The van der Waals surface area contributed by atoms with Gasteiger partial charge >= 0.3 is 0 Å². The molecule has 0 amide bonds. The topological polar surface area (TPSA) is 57.6 Å². The van der Waals surface area contributed by atoms with E-state index in [1.54, 1.807) is 15.8 Å².